The Kier molecular flexibility index (Phi) is 3.99. The highest BCUT2D eigenvalue weighted by atomic mass is 16.5. The molecule has 3 heteroatoms. The summed E-state index contributed by atoms with van der Waals surface area (Å²) in [6.45, 7) is 4.87. The van der Waals surface area contributed by atoms with Gasteiger partial charge >= 0.3 is 0 Å². The van der Waals surface area contributed by atoms with Gasteiger partial charge in [0.05, 0.1) is 6.61 Å². The SMILES string of the molecule is CCCOCC(O)c1ccc(C)o1. The lowest BCUT2D eigenvalue weighted by Gasteiger charge is -2.07. The topological polar surface area (TPSA) is 42.6 Å². The van der Waals surface area contributed by atoms with Crippen molar-refractivity contribution >= 4 is 0 Å². The Labute approximate surface area is 78.3 Å². The minimum absolute atomic E-state index is 0.306. The van der Waals surface area contributed by atoms with Crippen LogP contribution in [0.25, 0.3) is 0 Å². The van der Waals surface area contributed by atoms with Gasteiger partial charge in [0.25, 0.3) is 0 Å². The van der Waals surface area contributed by atoms with Crippen molar-refractivity contribution in [1.29, 1.82) is 0 Å². The van der Waals surface area contributed by atoms with Crippen molar-refractivity contribution in [3.05, 3.63) is 23.7 Å². The van der Waals surface area contributed by atoms with Crippen molar-refractivity contribution in [2.24, 2.45) is 0 Å². The molecule has 0 saturated heterocycles. The third-order valence-electron chi connectivity index (χ3n) is 1.71. The van der Waals surface area contributed by atoms with Crippen LogP contribution in [-0.4, -0.2) is 18.3 Å². The molecule has 3 nitrogen and oxygen atoms in total. The molecule has 0 radical (unpaired) electrons. The summed E-state index contributed by atoms with van der Waals surface area (Å²) in [6.07, 6.45) is 0.324. The van der Waals surface area contributed by atoms with E-state index >= 15 is 0 Å². The lowest BCUT2D eigenvalue weighted by molar-refractivity contribution is 0.0249. The summed E-state index contributed by atoms with van der Waals surface area (Å²) in [5.74, 6) is 1.39. The maximum Gasteiger partial charge on any atom is 0.135 e. The van der Waals surface area contributed by atoms with E-state index < -0.39 is 6.10 Å². The Hall–Kier alpha value is -0.800. The Morgan fingerprint density at radius 3 is 2.85 bits per heavy atom. The summed E-state index contributed by atoms with van der Waals surface area (Å²) >= 11 is 0. The summed E-state index contributed by atoms with van der Waals surface area (Å²) in [6, 6.07) is 3.60. The molecule has 1 atom stereocenters. The van der Waals surface area contributed by atoms with Gasteiger partial charge in [-0.1, -0.05) is 6.92 Å². The molecular weight excluding hydrogens is 168 g/mol. The molecule has 0 amide bonds. The van der Waals surface area contributed by atoms with Crippen LogP contribution < -0.4 is 0 Å². The second kappa shape index (κ2) is 5.04. The molecule has 74 valence electrons. The van der Waals surface area contributed by atoms with E-state index in [1.165, 1.54) is 0 Å². The predicted octanol–water partition coefficient (Wildman–Crippen LogP) is 2.05. The summed E-state index contributed by atoms with van der Waals surface area (Å²) in [7, 11) is 0. The predicted molar refractivity (Wildman–Crippen MR) is 49.5 cm³/mol. The van der Waals surface area contributed by atoms with E-state index in [1.807, 2.05) is 19.9 Å². The number of hydrogen-bond acceptors (Lipinski definition) is 3. The number of rotatable bonds is 5. The molecular formula is C10H16O3. The van der Waals surface area contributed by atoms with Crippen molar-refractivity contribution in [3.8, 4) is 0 Å². The van der Waals surface area contributed by atoms with Gasteiger partial charge in [0.1, 0.15) is 17.6 Å². The fourth-order valence-electron chi connectivity index (χ4n) is 1.05. The summed E-state index contributed by atoms with van der Waals surface area (Å²) < 4.78 is 10.4. The van der Waals surface area contributed by atoms with Gasteiger partial charge in [-0.05, 0) is 25.5 Å². The summed E-state index contributed by atoms with van der Waals surface area (Å²) in [5.41, 5.74) is 0. The largest absolute Gasteiger partial charge is 0.464 e. The number of ether oxygens (including phenoxy) is 1. The molecule has 1 aromatic rings. The van der Waals surface area contributed by atoms with Crippen LogP contribution in [0, 0.1) is 6.92 Å². The zero-order chi connectivity index (χ0) is 9.68. The molecule has 1 rings (SSSR count). The van der Waals surface area contributed by atoms with Crippen molar-refractivity contribution < 1.29 is 14.3 Å². The second-order valence-electron chi connectivity index (χ2n) is 3.04. The average Bonchev–Trinajstić information content (AvgIpc) is 2.52. The third-order valence-corrected chi connectivity index (χ3v) is 1.71. The van der Waals surface area contributed by atoms with Crippen molar-refractivity contribution in [2.75, 3.05) is 13.2 Å². The van der Waals surface area contributed by atoms with Gasteiger partial charge in [0, 0.05) is 6.61 Å². The molecule has 1 heterocycles. The van der Waals surface area contributed by atoms with Crippen LogP contribution in [0.4, 0.5) is 0 Å². The summed E-state index contributed by atoms with van der Waals surface area (Å²) in [5, 5.41) is 9.54. The van der Waals surface area contributed by atoms with Gasteiger partial charge in [-0.3, -0.25) is 0 Å². The minimum Gasteiger partial charge on any atom is -0.464 e. The van der Waals surface area contributed by atoms with E-state index in [4.69, 9.17) is 9.15 Å². The monoisotopic (exact) mass is 184 g/mol. The highest BCUT2D eigenvalue weighted by molar-refractivity contribution is 5.07. The maximum absolute atomic E-state index is 9.54. The Morgan fingerprint density at radius 1 is 1.54 bits per heavy atom. The maximum atomic E-state index is 9.54. The molecule has 1 unspecified atom stereocenters. The van der Waals surface area contributed by atoms with Crippen LogP contribution in [0.1, 0.15) is 31.0 Å². The highest BCUT2D eigenvalue weighted by Gasteiger charge is 2.10. The first-order valence-corrected chi connectivity index (χ1v) is 4.56. The van der Waals surface area contributed by atoms with Gasteiger partial charge in [0.15, 0.2) is 0 Å². The van der Waals surface area contributed by atoms with Crippen molar-refractivity contribution in [3.63, 3.8) is 0 Å². The molecule has 0 spiro atoms. The normalized spacial score (nSPS) is 13.2. The highest BCUT2D eigenvalue weighted by Crippen LogP contribution is 2.15. The van der Waals surface area contributed by atoms with E-state index in [2.05, 4.69) is 0 Å². The van der Waals surface area contributed by atoms with E-state index in [0.717, 1.165) is 12.2 Å². The molecule has 1 aromatic heterocycles. The molecule has 0 aliphatic heterocycles. The standard InChI is InChI=1S/C10H16O3/c1-3-6-12-7-9(11)10-5-4-8(2)13-10/h4-5,9,11H,3,6-7H2,1-2H3. The minimum atomic E-state index is -0.639. The number of aliphatic hydroxyl groups is 1. The average molecular weight is 184 g/mol. The molecule has 0 fully saturated rings. The van der Waals surface area contributed by atoms with E-state index in [1.54, 1.807) is 6.07 Å². The van der Waals surface area contributed by atoms with Crippen LogP contribution >= 0.6 is 0 Å². The Bertz CT molecular complexity index is 242. The van der Waals surface area contributed by atoms with E-state index in [-0.39, 0.29) is 0 Å². The smallest absolute Gasteiger partial charge is 0.135 e. The molecule has 0 aromatic carbocycles. The molecule has 13 heavy (non-hydrogen) atoms. The van der Waals surface area contributed by atoms with Crippen LogP contribution in [0.15, 0.2) is 16.5 Å². The van der Waals surface area contributed by atoms with Crippen LogP contribution in [0.3, 0.4) is 0 Å². The number of furan rings is 1. The molecule has 0 saturated carbocycles. The second-order valence-corrected chi connectivity index (χ2v) is 3.04. The van der Waals surface area contributed by atoms with Gasteiger partial charge in [0.2, 0.25) is 0 Å². The number of hydrogen-bond donors (Lipinski definition) is 1. The first kappa shape index (κ1) is 10.3. The van der Waals surface area contributed by atoms with Crippen molar-refractivity contribution in [2.45, 2.75) is 26.4 Å². The number of aliphatic hydroxyl groups excluding tert-OH is 1. The van der Waals surface area contributed by atoms with E-state index in [0.29, 0.717) is 19.0 Å². The first-order chi connectivity index (χ1) is 6.24. The summed E-state index contributed by atoms with van der Waals surface area (Å²) in [4.78, 5) is 0. The zero-order valence-electron chi connectivity index (χ0n) is 8.12. The zero-order valence-corrected chi connectivity index (χ0v) is 8.12. The lowest BCUT2D eigenvalue weighted by Crippen LogP contribution is -2.06. The van der Waals surface area contributed by atoms with Gasteiger partial charge < -0.3 is 14.3 Å². The Morgan fingerprint density at radius 2 is 2.31 bits per heavy atom. The lowest BCUT2D eigenvalue weighted by atomic mass is 10.3. The first-order valence-electron chi connectivity index (χ1n) is 4.56. The van der Waals surface area contributed by atoms with Crippen LogP contribution in [0.2, 0.25) is 0 Å². The van der Waals surface area contributed by atoms with E-state index in [9.17, 15) is 5.11 Å². The molecule has 0 aliphatic carbocycles. The van der Waals surface area contributed by atoms with Gasteiger partial charge in [-0.15, -0.1) is 0 Å². The Balaban J connectivity index is 2.35. The van der Waals surface area contributed by atoms with Crippen molar-refractivity contribution in [1.82, 2.24) is 0 Å². The van der Waals surface area contributed by atoms with Crippen LogP contribution in [-0.2, 0) is 4.74 Å². The number of aryl methyl sites for hydroxylation is 1. The van der Waals surface area contributed by atoms with Gasteiger partial charge in [-0.2, -0.15) is 0 Å². The van der Waals surface area contributed by atoms with Gasteiger partial charge in [-0.25, -0.2) is 0 Å². The fourth-order valence-corrected chi connectivity index (χ4v) is 1.05. The fraction of sp³-hybridized carbons (Fsp3) is 0.600. The third kappa shape index (κ3) is 3.20. The molecule has 0 aliphatic rings. The van der Waals surface area contributed by atoms with Crippen LogP contribution in [0.5, 0.6) is 0 Å². The molecule has 0 bridgehead atoms. The molecule has 1 N–H and O–H groups in total. The quantitative estimate of drug-likeness (QED) is 0.712.